The van der Waals surface area contributed by atoms with Gasteiger partial charge in [0.15, 0.2) is 12.4 Å². The van der Waals surface area contributed by atoms with Gasteiger partial charge in [0.2, 0.25) is 0 Å². The normalized spacial score (nSPS) is 19.3. The number of benzene rings is 1. The van der Waals surface area contributed by atoms with E-state index in [1.807, 2.05) is 22.9 Å². The van der Waals surface area contributed by atoms with Crippen LogP contribution in [0, 0.1) is 0 Å². The predicted molar refractivity (Wildman–Crippen MR) is 108 cm³/mol. The van der Waals surface area contributed by atoms with E-state index in [1.165, 1.54) is 16.2 Å². The molecule has 1 amide bonds. The van der Waals surface area contributed by atoms with Gasteiger partial charge in [-0.3, -0.25) is 14.4 Å². The molecule has 1 atom stereocenters. The summed E-state index contributed by atoms with van der Waals surface area (Å²) in [6, 6.07) is 8.95. The second-order valence-corrected chi connectivity index (χ2v) is 8.08. The van der Waals surface area contributed by atoms with E-state index in [4.69, 9.17) is 16.3 Å². The summed E-state index contributed by atoms with van der Waals surface area (Å²) in [5, 5.41) is 4.19. The molecule has 0 spiro atoms. The van der Waals surface area contributed by atoms with Crippen LogP contribution >= 0.6 is 22.9 Å². The van der Waals surface area contributed by atoms with Crippen LogP contribution < -0.4 is 0 Å². The van der Waals surface area contributed by atoms with Crippen molar-refractivity contribution in [2.45, 2.75) is 37.6 Å². The number of Topliss-reactive ketones (excluding diaryl/α,β-unsaturated/α-hetero) is 1. The van der Waals surface area contributed by atoms with Crippen molar-refractivity contribution in [3.05, 3.63) is 57.2 Å². The van der Waals surface area contributed by atoms with Gasteiger partial charge in [-0.25, -0.2) is 0 Å². The zero-order valence-electron chi connectivity index (χ0n) is 15.7. The highest BCUT2D eigenvalue weighted by atomic mass is 35.5. The number of carbonyl (C=O) groups excluding carboxylic acids is 3. The fourth-order valence-electron chi connectivity index (χ4n) is 3.69. The van der Waals surface area contributed by atoms with Gasteiger partial charge in [-0.2, -0.15) is 11.3 Å². The third-order valence-corrected chi connectivity index (χ3v) is 6.27. The molecule has 0 radical (unpaired) electrons. The average Bonchev–Trinajstić information content (AvgIpc) is 3.19. The summed E-state index contributed by atoms with van der Waals surface area (Å²) in [7, 11) is 1.58. The maximum atomic E-state index is 13.0. The van der Waals surface area contributed by atoms with E-state index < -0.39 is 24.0 Å². The maximum absolute atomic E-state index is 13.0. The molecule has 7 heteroatoms. The Balaban J connectivity index is 1.77. The van der Waals surface area contributed by atoms with Gasteiger partial charge in [-0.15, -0.1) is 0 Å². The number of amides is 1. The predicted octanol–water partition coefficient (Wildman–Crippen LogP) is 3.98. The highest BCUT2D eigenvalue weighted by Gasteiger charge is 2.47. The third kappa shape index (κ3) is 4.13. The second-order valence-electron chi connectivity index (χ2n) is 6.89. The molecule has 1 aliphatic rings. The number of hydrogen-bond donors (Lipinski definition) is 0. The van der Waals surface area contributed by atoms with Gasteiger partial charge in [0.05, 0.1) is 6.42 Å². The molecular formula is C21H22ClNO4S. The summed E-state index contributed by atoms with van der Waals surface area (Å²) >= 11 is 7.89. The Hall–Kier alpha value is -2.18. The lowest BCUT2D eigenvalue weighted by Crippen LogP contribution is -2.55. The third-order valence-electron chi connectivity index (χ3n) is 5.21. The van der Waals surface area contributed by atoms with Gasteiger partial charge in [0.1, 0.15) is 5.54 Å². The first-order valence-corrected chi connectivity index (χ1v) is 10.5. The topological polar surface area (TPSA) is 63.7 Å². The van der Waals surface area contributed by atoms with Crippen molar-refractivity contribution in [2.24, 2.45) is 0 Å². The Morgan fingerprint density at radius 3 is 2.71 bits per heavy atom. The van der Waals surface area contributed by atoms with Crippen LogP contribution in [0.5, 0.6) is 0 Å². The molecule has 0 saturated heterocycles. The standard InChI is InChI=1S/C21H22ClNO4S/c1-23(19(25)13-27-20(26)12-15-9-11-28-14-15)21(10-5-4-8-18(21)24)16-6-2-3-7-17(16)22/h2-3,6-7,9,11,14H,4-5,8,10,12-13H2,1H3/t21-/m0/s1. The minimum Gasteiger partial charge on any atom is -0.455 e. The SMILES string of the molecule is CN(C(=O)COC(=O)Cc1ccsc1)[C@]1(c2ccccc2Cl)CCCCC1=O. The summed E-state index contributed by atoms with van der Waals surface area (Å²) in [5.41, 5.74) is 0.362. The fraction of sp³-hybridized carbons (Fsp3) is 0.381. The number of likely N-dealkylation sites (N-methyl/N-ethyl adjacent to an activating group) is 1. The second kappa shape index (κ2) is 8.88. The number of rotatable bonds is 6. The molecule has 3 rings (SSSR count). The van der Waals surface area contributed by atoms with Crippen molar-refractivity contribution < 1.29 is 19.1 Å². The number of halogens is 1. The van der Waals surface area contributed by atoms with E-state index in [-0.39, 0.29) is 12.2 Å². The Labute approximate surface area is 173 Å². The van der Waals surface area contributed by atoms with Crippen molar-refractivity contribution in [1.29, 1.82) is 0 Å². The molecule has 5 nitrogen and oxygen atoms in total. The minimum absolute atomic E-state index is 0.0349. The van der Waals surface area contributed by atoms with Crippen LogP contribution in [-0.4, -0.2) is 36.2 Å². The number of carbonyl (C=O) groups is 3. The smallest absolute Gasteiger partial charge is 0.310 e. The molecule has 1 aromatic heterocycles. The van der Waals surface area contributed by atoms with Gasteiger partial charge >= 0.3 is 5.97 Å². The zero-order valence-corrected chi connectivity index (χ0v) is 17.2. The van der Waals surface area contributed by atoms with Crippen LogP contribution in [0.4, 0.5) is 0 Å². The molecule has 1 aromatic carbocycles. The lowest BCUT2D eigenvalue weighted by molar-refractivity contribution is -0.157. The van der Waals surface area contributed by atoms with Crippen molar-refractivity contribution in [2.75, 3.05) is 13.7 Å². The lowest BCUT2D eigenvalue weighted by atomic mass is 9.74. The van der Waals surface area contributed by atoms with E-state index in [1.54, 1.807) is 25.2 Å². The first-order chi connectivity index (χ1) is 13.4. The van der Waals surface area contributed by atoms with Crippen molar-refractivity contribution in [3.63, 3.8) is 0 Å². The van der Waals surface area contributed by atoms with Crippen LogP contribution in [0.1, 0.15) is 36.8 Å². The molecule has 148 valence electrons. The molecule has 0 unspecified atom stereocenters. The van der Waals surface area contributed by atoms with E-state index >= 15 is 0 Å². The summed E-state index contributed by atoms with van der Waals surface area (Å²) < 4.78 is 5.17. The van der Waals surface area contributed by atoms with Crippen LogP contribution in [-0.2, 0) is 31.1 Å². The van der Waals surface area contributed by atoms with E-state index in [9.17, 15) is 14.4 Å². The summed E-state index contributed by atoms with van der Waals surface area (Å²) in [4.78, 5) is 39.3. The summed E-state index contributed by atoms with van der Waals surface area (Å²) in [6.45, 7) is -0.404. The summed E-state index contributed by atoms with van der Waals surface area (Å²) in [6.07, 6.45) is 2.62. The highest BCUT2D eigenvalue weighted by Crippen LogP contribution is 2.42. The van der Waals surface area contributed by atoms with Crippen LogP contribution in [0.2, 0.25) is 5.02 Å². The molecule has 1 fully saturated rings. The van der Waals surface area contributed by atoms with Crippen molar-refractivity contribution in [3.8, 4) is 0 Å². The lowest BCUT2D eigenvalue weighted by Gasteiger charge is -2.43. The number of ketones is 1. The largest absolute Gasteiger partial charge is 0.455 e. The maximum Gasteiger partial charge on any atom is 0.310 e. The zero-order chi connectivity index (χ0) is 20.1. The average molecular weight is 420 g/mol. The monoisotopic (exact) mass is 419 g/mol. The van der Waals surface area contributed by atoms with Crippen molar-refractivity contribution in [1.82, 2.24) is 4.90 Å². The summed E-state index contributed by atoms with van der Waals surface area (Å²) in [5.74, 6) is -0.928. The van der Waals surface area contributed by atoms with Crippen LogP contribution in [0.25, 0.3) is 0 Å². The number of hydrogen-bond acceptors (Lipinski definition) is 5. The van der Waals surface area contributed by atoms with Gasteiger partial charge in [-0.05, 0) is 47.7 Å². The molecule has 2 aromatic rings. The molecule has 1 aliphatic carbocycles. The number of esters is 1. The molecule has 28 heavy (non-hydrogen) atoms. The highest BCUT2D eigenvalue weighted by molar-refractivity contribution is 7.08. The van der Waals surface area contributed by atoms with Crippen molar-refractivity contribution >= 4 is 40.6 Å². The van der Waals surface area contributed by atoms with E-state index in [0.29, 0.717) is 23.4 Å². The molecule has 0 aliphatic heterocycles. The van der Waals surface area contributed by atoms with Gasteiger partial charge in [0.25, 0.3) is 5.91 Å². The molecule has 1 saturated carbocycles. The van der Waals surface area contributed by atoms with Gasteiger partial charge in [0, 0.05) is 24.1 Å². The van der Waals surface area contributed by atoms with Crippen LogP contribution in [0.3, 0.4) is 0 Å². The molecule has 0 bridgehead atoms. The number of ether oxygens (including phenoxy) is 1. The van der Waals surface area contributed by atoms with E-state index in [2.05, 4.69) is 0 Å². The molecular weight excluding hydrogens is 398 g/mol. The first kappa shape index (κ1) is 20.6. The Kier molecular flexibility index (Phi) is 6.52. The molecule has 1 heterocycles. The van der Waals surface area contributed by atoms with Gasteiger partial charge in [-0.1, -0.05) is 29.8 Å². The fourth-order valence-corrected chi connectivity index (χ4v) is 4.65. The Morgan fingerprint density at radius 2 is 2.04 bits per heavy atom. The van der Waals surface area contributed by atoms with E-state index in [0.717, 1.165) is 18.4 Å². The number of thiophene rings is 1. The first-order valence-electron chi connectivity index (χ1n) is 9.17. The molecule has 0 N–H and O–H groups in total. The Morgan fingerprint density at radius 1 is 1.25 bits per heavy atom. The quantitative estimate of drug-likeness (QED) is 0.664. The van der Waals surface area contributed by atoms with Crippen LogP contribution in [0.15, 0.2) is 41.1 Å². The van der Waals surface area contributed by atoms with Gasteiger partial charge < -0.3 is 9.64 Å². The number of nitrogens with zero attached hydrogens (tertiary/aromatic N) is 1. The minimum atomic E-state index is -1.12. The Bertz CT molecular complexity index is 867.